The minimum atomic E-state index is -0.348. The summed E-state index contributed by atoms with van der Waals surface area (Å²) in [5.41, 5.74) is 1.05. The lowest BCUT2D eigenvalue weighted by atomic mass is 9.46. The Kier molecular flexibility index (Phi) is 9.96. The average Bonchev–Trinajstić information content (AvgIpc) is 3.87. The van der Waals surface area contributed by atoms with Gasteiger partial charge in [-0.2, -0.15) is 0 Å². The Balaban J connectivity index is 0.000000117. The summed E-state index contributed by atoms with van der Waals surface area (Å²) in [6, 6.07) is 0. The molecule has 7 atom stereocenters. The van der Waals surface area contributed by atoms with Gasteiger partial charge in [0.2, 0.25) is 0 Å². The number of carbonyl (C=O) groups excluding carboxylic acids is 3. The SMILES string of the molecule is C=C(C)C(=O)OC(C)(C)C12CC3CC(CC(C3)C1)C2.C=C(C)C(=O)OC1(C)C2CC3CC(C2)CC1C3.C=C(C)C(=O)OC1(C)CC2CC1C1C3CCC(C3)C21. The van der Waals surface area contributed by atoms with E-state index < -0.39 is 0 Å². The van der Waals surface area contributed by atoms with Crippen LogP contribution in [0.4, 0.5) is 0 Å². The van der Waals surface area contributed by atoms with Crippen LogP contribution in [0.15, 0.2) is 36.5 Å². The first-order valence-corrected chi connectivity index (χ1v) is 22.5. The van der Waals surface area contributed by atoms with Crippen LogP contribution in [-0.4, -0.2) is 34.7 Å². The third-order valence-electron chi connectivity index (χ3n) is 18.2. The van der Waals surface area contributed by atoms with Crippen LogP contribution in [0.1, 0.15) is 151 Å². The van der Waals surface area contributed by atoms with Gasteiger partial charge in [0.05, 0.1) is 0 Å². The van der Waals surface area contributed by atoms with Gasteiger partial charge in [0, 0.05) is 28.1 Å². The highest BCUT2D eigenvalue weighted by molar-refractivity contribution is 5.88. The van der Waals surface area contributed by atoms with Crippen LogP contribution < -0.4 is 0 Å². The van der Waals surface area contributed by atoms with Gasteiger partial charge in [-0.3, -0.25) is 0 Å². The summed E-state index contributed by atoms with van der Waals surface area (Å²) in [6.45, 7) is 24.9. The highest BCUT2D eigenvalue weighted by atomic mass is 16.6. The third-order valence-corrected chi connectivity index (χ3v) is 18.2. The molecule has 0 saturated heterocycles. The maximum Gasteiger partial charge on any atom is 0.333 e. The number of fused-ring (bicyclic) bond motifs is 9. The molecule has 304 valence electrons. The molecule has 0 aliphatic heterocycles. The van der Waals surface area contributed by atoms with Gasteiger partial charge in [0.1, 0.15) is 16.8 Å². The Morgan fingerprint density at radius 3 is 1.49 bits per heavy atom. The molecule has 0 aromatic rings. The lowest BCUT2D eigenvalue weighted by Gasteiger charge is -2.61. The Labute approximate surface area is 332 Å². The van der Waals surface area contributed by atoms with Gasteiger partial charge in [-0.15, -0.1) is 0 Å². The standard InChI is InChI=1S/C17H24O2.C17H26O2.C15H22O2/c1-9(2)16(18)19-17(3)8-12-7-13(17)15-11-5-4-10(6-11)14(12)15;1-11(2)15(18)19-16(3,4)17-8-12-5-13(9-17)7-14(6-12)10-17;1-9(2)14(16)17-15(3)12-5-10-4-11(7-12)8-13(15)6-10/h10-15H,1,4-8H2,2-3H3;12-14H,1,5-10H2,2-4H3;10-13H,1,4-8H2,2-3H3. The fourth-order valence-corrected chi connectivity index (χ4v) is 16.1. The highest BCUT2D eigenvalue weighted by Crippen LogP contribution is 2.70. The van der Waals surface area contributed by atoms with Crippen molar-refractivity contribution < 1.29 is 28.6 Å². The van der Waals surface area contributed by atoms with Gasteiger partial charge < -0.3 is 14.2 Å². The summed E-state index contributed by atoms with van der Waals surface area (Å²) in [5, 5.41) is 0. The molecule has 0 heterocycles. The lowest BCUT2D eigenvalue weighted by Crippen LogP contribution is -2.58. The van der Waals surface area contributed by atoms with Crippen LogP contribution in [0, 0.1) is 82.3 Å². The smallest absolute Gasteiger partial charge is 0.333 e. The highest BCUT2D eigenvalue weighted by Gasteiger charge is 2.67. The predicted octanol–water partition coefficient (Wildman–Crippen LogP) is 11.0. The second-order valence-electron chi connectivity index (χ2n) is 22.3. The first-order chi connectivity index (χ1) is 25.8. The van der Waals surface area contributed by atoms with Crippen molar-refractivity contribution in [2.75, 3.05) is 0 Å². The van der Waals surface area contributed by atoms with E-state index in [1.165, 1.54) is 96.3 Å². The van der Waals surface area contributed by atoms with Crippen LogP contribution in [0.5, 0.6) is 0 Å². The molecule has 6 heteroatoms. The van der Waals surface area contributed by atoms with E-state index in [1.807, 2.05) is 0 Å². The van der Waals surface area contributed by atoms with Crippen LogP contribution in [0.2, 0.25) is 0 Å². The largest absolute Gasteiger partial charge is 0.456 e. The summed E-state index contributed by atoms with van der Waals surface area (Å²) in [5.74, 6) is 10.3. The topological polar surface area (TPSA) is 78.9 Å². The van der Waals surface area contributed by atoms with E-state index in [2.05, 4.69) is 47.4 Å². The van der Waals surface area contributed by atoms with Crippen LogP contribution >= 0.6 is 0 Å². The molecule has 0 aromatic heterocycles. The van der Waals surface area contributed by atoms with Crippen molar-refractivity contribution in [2.45, 2.75) is 168 Å². The van der Waals surface area contributed by atoms with E-state index in [0.29, 0.717) is 34.5 Å². The number of esters is 3. The van der Waals surface area contributed by atoms with Gasteiger partial charge in [-0.1, -0.05) is 19.7 Å². The van der Waals surface area contributed by atoms with Crippen LogP contribution in [0.3, 0.4) is 0 Å². The minimum Gasteiger partial charge on any atom is -0.456 e. The maximum atomic E-state index is 11.9. The Hall–Kier alpha value is -2.37. The van der Waals surface area contributed by atoms with Crippen molar-refractivity contribution >= 4 is 17.9 Å². The monoisotopic (exact) mass is 757 g/mol. The molecular formula is C49H72O6. The van der Waals surface area contributed by atoms with E-state index in [4.69, 9.17) is 14.2 Å². The Bertz CT molecular complexity index is 1550. The number of rotatable bonds is 7. The fraction of sp³-hybridized carbons (Fsp3) is 0.816. The summed E-state index contributed by atoms with van der Waals surface area (Å²) >= 11 is 0. The Morgan fingerprint density at radius 1 is 0.545 bits per heavy atom. The van der Waals surface area contributed by atoms with Crippen molar-refractivity contribution in [1.82, 2.24) is 0 Å². The maximum absolute atomic E-state index is 11.9. The molecule has 55 heavy (non-hydrogen) atoms. The van der Waals surface area contributed by atoms with Gasteiger partial charge >= 0.3 is 17.9 Å². The number of carbonyl (C=O) groups is 3. The second kappa shape index (κ2) is 13.9. The van der Waals surface area contributed by atoms with E-state index in [0.717, 1.165) is 65.6 Å². The summed E-state index contributed by atoms with van der Waals surface area (Å²) < 4.78 is 17.6. The quantitative estimate of drug-likeness (QED) is 0.111. The first kappa shape index (κ1) is 39.5. The first-order valence-electron chi connectivity index (χ1n) is 22.5. The molecule has 0 spiro atoms. The zero-order valence-corrected chi connectivity index (χ0v) is 35.4. The normalized spacial score (nSPS) is 46.9. The van der Waals surface area contributed by atoms with E-state index in [9.17, 15) is 14.4 Å². The lowest BCUT2D eigenvalue weighted by molar-refractivity contribution is -0.199. The molecular weight excluding hydrogens is 685 g/mol. The predicted molar refractivity (Wildman–Crippen MR) is 215 cm³/mol. The van der Waals surface area contributed by atoms with E-state index in [1.54, 1.807) is 20.8 Å². The zero-order valence-electron chi connectivity index (χ0n) is 35.4. The molecule has 12 saturated carbocycles. The summed E-state index contributed by atoms with van der Waals surface area (Å²) in [6.07, 6.45) is 21.3. The molecule has 12 fully saturated rings. The van der Waals surface area contributed by atoms with Crippen LogP contribution in [0.25, 0.3) is 0 Å². The van der Waals surface area contributed by atoms with Gasteiger partial charge in [0.15, 0.2) is 0 Å². The fourth-order valence-electron chi connectivity index (χ4n) is 16.1. The average molecular weight is 757 g/mol. The molecule has 12 rings (SSSR count). The molecule has 0 aromatic carbocycles. The third kappa shape index (κ3) is 6.81. The molecule has 0 radical (unpaired) electrons. The van der Waals surface area contributed by atoms with Gasteiger partial charge in [-0.05, 0) is 222 Å². The molecule has 6 nitrogen and oxygen atoms in total. The molecule has 12 bridgehead atoms. The molecule has 7 unspecified atom stereocenters. The van der Waals surface area contributed by atoms with Crippen molar-refractivity contribution in [3.05, 3.63) is 36.5 Å². The number of hydrogen-bond donors (Lipinski definition) is 0. The van der Waals surface area contributed by atoms with Crippen molar-refractivity contribution in [3.8, 4) is 0 Å². The van der Waals surface area contributed by atoms with Crippen molar-refractivity contribution in [3.63, 3.8) is 0 Å². The minimum absolute atomic E-state index is 0.185. The van der Waals surface area contributed by atoms with Crippen LogP contribution in [-0.2, 0) is 28.6 Å². The van der Waals surface area contributed by atoms with Gasteiger partial charge in [0.25, 0.3) is 0 Å². The molecule has 12 aliphatic rings. The molecule has 12 aliphatic carbocycles. The van der Waals surface area contributed by atoms with Crippen molar-refractivity contribution in [1.29, 1.82) is 0 Å². The molecule has 0 N–H and O–H groups in total. The Morgan fingerprint density at radius 2 is 1.00 bits per heavy atom. The summed E-state index contributed by atoms with van der Waals surface area (Å²) in [4.78, 5) is 35.7. The number of ether oxygens (including phenoxy) is 3. The van der Waals surface area contributed by atoms with Crippen molar-refractivity contribution in [2.24, 2.45) is 82.3 Å². The number of hydrogen-bond acceptors (Lipinski definition) is 6. The van der Waals surface area contributed by atoms with E-state index >= 15 is 0 Å². The molecule has 0 amide bonds. The summed E-state index contributed by atoms with van der Waals surface area (Å²) in [7, 11) is 0. The van der Waals surface area contributed by atoms with Gasteiger partial charge in [-0.25, -0.2) is 14.4 Å². The zero-order chi connectivity index (χ0) is 39.4. The second-order valence-corrected chi connectivity index (χ2v) is 22.3. The van der Waals surface area contributed by atoms with E-state index in [-0.39, 0.29) is 40.1 Å².